The number of benzene rings is 3. The molecule has 2 aromatic heterocycles. The van der Waals surface area contributed by atoms with Crippen molar-refractivity contribution in [3.63, 3.8) is 0 Å². The molecule has 0 bridgehead atoms. The van der Waals surface area contributed by atoms with Gasteiger partial charge in [-0.2, -0.15) is 0 Å². The minimum absolute atomic E-state index is 0.0117. The van der Waals surface area contributed by atoms with Crippen LogP contribution in [-0.2, 0) is 17.6 Å². The Kier molecular flexibility index (Phi) is 7.95. The van der Waals surface area contributed by atoms with Crippen LogP contribution in [0.4, 0.5) is 5.69 Å². The van der Waals surface area contributed by atoms with Gasteiger partial charge < -0.3 is 19.8 Å². The van der Waals surface area contributed by atoms with Crippen molar-refractivity contribution < 1.29 is 14.3 Å². The van der Waals surface area contributed by atoms with Gasteiger partial charge in [0.2, 0.25) is 5.91 Å². The lowest BCUT2D eigenvalue weighted by molar-refractivity contribution is -0.116. The summed E-state index contributed by atoms with van der Waals surface area (Å²) in [6.45, 7) is 2.06. The molecule has 6 rings (SSSR count). The minimum atomic E-state index is -0.485. The third-order valence-corrected chi connectivity index (χ3v) is 8.35. The van der Waals surface area contributed by atoms with Crippen LogP contribution in [0.3, 0.4) is 0 Å². The molecular weight excluding hydrogens is 524 g/mol. The van der Waals surface area contributed by atoms with Gasteiger partial charge in [-0.1, -0.05) is 67.6 Å². The third-order valence-electron chi connectivity index (χ3n) is 8.35. The van der Waals surface area contributed by atoms with Crippen LogP contribution in [0.1, 0.15) is 72.6 Å². The molecule has 2 atom stereocenters. The number of fused-ring (bicyclic) bond motifs is 1. The first-order valence-corrected chi connectivity index (χ1v) is 14.9. The molecule has 3 aromatic carbocycles. The molecule has 0 saturated heterocycles. The fraction of sp³-hybridized carbons (Fsp3) is 0.278. The van der Waals surface area contributed by atoms with E-state index in [1.807, 2.05) is 60.7 Å². The summed E-state index contributed by atoms with van der Waals surface area (Å²) < 4.78 is 5.90. The number of H-pyrrole nitrogens is 1. The van der Waals surface area contributed by atoms with Crippen molar-refractivity contribution in [1.82, 2.24) is 4.98 Å². The Morgan fingerprint density at radius 3 is 2.52 bits per heavy atom. The maximum absolute atomic E-state index is 13.4. The predicted octanol–water partition coefficient (Wildman–Crippen LogP) is 7.68. The van der Waals surface area contributed by atoms with Crippen LogP contribution >= 0.6 is 0 Å². The summed E-state index contributed by atoms with van der Waals surface area (Å²) >= 11 is 0. The molecule has 42 heavy (non-hydrogen) atoms. The topological polar surface area (TPSA) is 95.3 Å². The van der Waals surface area contributed by atoms with E-state index in [4.69, 9.17) is 4.42 Å². The van der Waals surface area contributed by atoms with E-state index in [1.54, 1.807) is 6.07 Å². The number of aromatic amines is 1. The Balaban J connectivity index is 1.19. The van der Waals surface area contributed by atoms with Gasteiger partial charge >= 0.3 is 5.63 Å². The Hall–Kier alpha value is -4.58. The fourth-order valence-corrected chi connectivity index (χ4v) is 5.99. The van der Waals surface area contributed by atoms with E-state index >= 15 is 0 Å². The monoisotopic (exact) mass is 560 g/mol. The quantitative estimate of drug-likeness (QED) is 0.154. The second-order valence-corrected chi connectivity index (χ2v) is 11.4. The highest BCUT2D eigenvalue weighted by molar-refractivity contribution is 5.91. The van der Waals surface area contributed by atoms with Crippen molar-refractivity contribution in [3.8, 4) is 5.75 Å². The average molecular weight is 561 g/mol. The number of aromatic nitrogens is 1. The molecule has 6 heteroatoms. The van der Waals surface area contributed by atoms with Crippen LogP contribution in [0.25, 0.3) is 10.9 Å². The number of hydrogen-bond acceptors (Lipinski definition) is 4. The highest BCUT2D eigenvalue weighted by Gasteiger charge is 2.37. The first kappa shape index (κ1) is 27.6. The van der Waals surface area contributed by atoms with Crippen molar-refractivity contribution >= 4 is 22.5 Å². The van der Waals surface area contributed by atoms with Crippen LogP contribution in [0, 0.1) is 5.92 Å². The second kappa shape index (κ2) is 12.1. The van der Waals surface area contributed by atoms with Crippen molar-refractivity contribution in [2.45, 2.75) is 57.3 Å². The van der Waals surface area contributed by atoms with Gasteiger partial charge in [0.1, 0.15) is 11.5 Å². The number of aromatic hydroxyl groups is 1. The zero-order chi connectivity index (χ0) is 29.1. The summed E-state index contributed by atoms with van der Waals surface area (Å²) in [4.78, 5) is 29.6. The molecule has 1 saturated carbocycles. The molecule has 3 N–H and O–H groups in total. The fourth-order valence-electron chi connectivity index (χ4n) is 5.99. The van der Waals surface area contributed by atoms with E-state index in [-0.39, 0.29) is 29.4 Å². The van der Waals surface area contributed by atoms with E-state index in [1.165, 1.54) is 0 Å². The molecule has 1 fully saturated rings. The molecule has 6 nitrogen and oxygen atoms in total. The van der Waals surface area contributed by atoms with Crippen LogP contribution in [0.5, 0.6) is 5.75 Å². The van der Waals surface area contributed by atoms with Crippen molar-refractivity contribution in [1.29, 1.82) is 0 Å². The molecule has 214 valence electrons. The smallest absolute Gasteiger partial charge is 0.343 e. The summed E-state index contributed by atoms with van der Waals surface area (Å²) in [5.74, 6) is 0.346. The van der Waals surface area contributed by atoms with Crippen molar-refractivity contribution in [2.75, 3.05) is 5.32 Å². The molecule has 0 spiro atoms. The van der Waals surface area contributed by atoms with Crippen LogP contribution < -0.4 is 10.9 Å². The third kappa shape index (κ3) is 6.18. The number of nitrogens with one attached hydrogen (secondary N) is 2. The summed E-state index contributed by atoms with van der Waals surface area (Å²) in [5.41, 5.74) is 4.63. The van der Waals surface area contributed by atoms with E-state index < -0.39 is 5.63 Å². The summed E-state index contributed by atoms with van der Waals surface area (Å²) in [7, 11) is 0. The van der Waals surface area contributed by atoms with Crippen LogP contribution in [0.2, 0.25) is 0 Å². The molecule has 0 radical (unpaired) electrons. The number of para-hydroxylation sites is 1. The molecule has 1 amide bonds. The Labute approximate surface area is 245 Å². The van der Waals surface area contributed by atoms with Gasteiger partial charge in [0, 0.05) is 41.2 Å². The number of amides is 1. The summed E-state index contributed by atoms with van der Waals surface area (Å²) in [6, 6.07) is 29.5. The molecular formula is C36H36N2O4. The Morgan fingerprint density at radius 1 is 1.00 bits per heavy atom. The normalized spacial score (nSPS) is 14.5. The van der Waals surface area contributed by atoms with Crippen molar-refractivity contribution in [2.24, 2.45) is 5.92 Å². The van der Waals surface area contributed by atoms with Gasteiger partial charge in [0.15, 0.2) is 0 Å². The van der Waals surface area contributed by atoms with Crippen LogP contribution in [-0.4, -0.2) is 16.0 Å². The predicted molar refractivity (Wildman–Crippen MR) is 166 cm³/mol. The lowest BCUT2D eigenvalue weighted by Crippen LogP contribution is -2.18. The molecule has 2 unspecified atom stereocenters. The molecule has 2 heterocycles. The summed E-state index contributed by atoms with van der Waals surface area (Å²) in [6.07, 6.45) is 4.40. The van der Waals surface area contributed by atoms with Gasteiger partial charge in [-0.25, -0.2) is 4.79 Å². The van der Waals surface area contributed by atoms with Gasteiger partial charge in [0.05, 0.1) is 5.56 Å². The van der Waals surface area contributed by atoms with E-state index in [0.29, 0.717) is 29.9 Å². The van der Waals surface area contributed by atoms with Gasteiger partial charge in [0.25, 0.3) is 0 Å². The standard InChI is InChI=1S/C36H36N2O4/c1-2-24(19-23-9-4-3-5-10-23)32-22-31(39)35(36(41)42-32)34(25-15-16-25)27-12-8-13-28(21-27)38-33(40)18-17-29-20-26-11-6-7-14-30(26)37-29/h3-14,20-22,24-25,34,37,39H,2,15-19H2,1H3,(H,38,40). The SMILES string of the molecule is CCC(Cc1ccccc1)c1cc(O)c(C(c2cccc(NC(=O)CCc3cc4ccccc4[nH]3)c2)C2CC2)c(=O)o1. The Morgan fingerprint density at radius 2 is 1.79 bits per heavy atom. The van der Waals surface area contributed by atoms with Crippen LogP contribution in [0.15, 0.2) is 100 Å². The summed E-state index contributed by atoms with van der Waals surface area (Å²) in [5, 5.41) is 15.4. The Bertz CT molecular complexity index is 1720. The van der Waals surface area contributed by atoms with Gasteiger partial charge in [-0.15, -0.1) is 0 Å². The molecule has 1 aliphatic rings. The molecule has 1 aliphatic carbocycles. The highest BCUT2D eigenvalue weighted by Crippen LogP contribution is 2.48. The zero-order valence-electron chi connectivity index (χ0n) is 23.8. The number of aryl methyl sites for hydroxylation is 1. The molecule has 0 aliphatic heterocycles. The van der Waals surface area contributed by atoms with Gasteiger partial charge in [-0.05, 0) is 78.8 Å². The maximum Gasteiger partial charge on any atom is 0.343 e. The lowest BCUT2D eigenvalue weighted by atomic mass is 9.86. The first-order valence-electron chi connectivity index (χ1n) is 14.9. The minimum Gasteiger partial charge on any atom is -0.507 e. The maximum atomic E-state index is 13.4. The number of rotatable bonds is 11. The zero-order valence-corrected chi connectivity index (χ0v) is 23.8. The number of carbonyl (C=O) groups excluding carboxylic acids is 1. The van der Waals surface area contributed by atoms with Crippen molar-refractivity contribution in [3.05, 3.63) is 130 Å². The highest BCUT2D eigenvalue weighted by atomic mass is 16.4. The van der Waals surface area contributed by atoms with E-state index in [0.717, 1.165) is 53.4 Å². The largest absolute Gasteiger partial charge is 0.507 e. The number of anilines is 1. The van der Waals surface area contributed by atoms with E-state index in [2.05, 4.69) is 41.5 Å². The molecule has 5 aromatic rings. The number of carbonyl (C=O) groups is 1. The average Bonchev–Trinajstić information content (AvgIpc) is 3.74. The van der Waals surface area contributed by atoms with Gasteiger partial charge in [-0.3, -0.25) is 4.79 Å². The number of hydrogen-bond donors (Lipinski definition) is 3. The second-order valence-electron chi connectivity index (χ2n) is 11.4. The lowest BCUT2D eigenvalue weighted by Gasteiger charge is -2.20. The first-order chi connectivity index (χ1) is 20.5. The van der Waals surface area contributed by atoms with E-state index in [9.17, 15) is 14.7 Å².